The monoisotopic (exact) mass is 431 g/mol. The third kappa shape index (κ3) is 3.92. The van der Waals surface area contributed by atoms with E-state index in [0.717, 1.165) is 43.0 Å². The Hall–Kier alpha value is -2.29. The molecule has 1 aliphatic rings. The molecule has 3 aromatic rings. The number of sulfone groups is 1. The predicted molar refractivity (Wildman–Crippen MR) is 114 cm³/mol. The van der Waals surface area contributed by atoms with Gasteiger partial charge in [0.1, 0.15) is 16.5 Å². The molecule has 2 heterocycles. The Morgan fingerprint density at radius 2 is 1.90 bits per heavy atom. The first kappa shape index (κ1) is 20.0. The summed E-state index contributed by atoms with van der Waals surface area (Å²) in [6.07, 6.45) is 2.22. The summed E-state index contributed by atoms with van der Waals surface area (Å²) in [5, 5.41) is 3.58. The van der Waals surface area contributed by atoms with Gasteiger partial charge in [-0.1, -0.05) is 18.2 Å². The fraction of sp³-hybridized carbons (Fsp3) is 0.286. The van der Waals surface area contributed by atoms with E-state index in [0.29, 0.717) is 11.6 Å². The van der Waals surface area contributed by atoms with Gasteiger partial charge in [-0.25, -0.2) is 17.8 Å². The molecule has 1 aromatic heterocycles. The number of halogens is 1. The van der Waals surface area contributed by atoms with E-state index in [-0.39, 0.29) is 20.4 Å². The van der Waals surface area contributed by atoms with Crippen molar-refractivity contribution < 1.29 is 12.8 Å². The molecule has 0 spiro atoms. The summed E-state index contributed by atoms with van der Waals surface area (Å²) in [5.41, 5.74) is 1.27. The Morgan fingerprint density at radius 1 is 1.14 bits per heavy atom. The highest BCUT2D eigenvalue weighted by molar-refractivity contribution is 7.93. The second kappa shape index (κ2) is 8.22. The predicted octanol–water partition coefficient (Wildman–Crippen LogP) is 4.10. The Morgan fingerprint density at radius 3 is 2.62 bits per heavy atom. The van der Waals surface area contributed by atoms with Crippen molar-refractivity contribution in [1.82, 2.24) is 10.3 Å². The van der Waals surface area contributed by atoms with E-state index in [9.17, 15) is 12.8 Å². The van der Waals surface area contributed by atoms with Crippen LogP contribution in [-0.4, -0.2) is 33.5 Å². The first-order valence-corrected chi connectivity index (χ1v) is 11.8. The molecule has 1 N–H and O–H groups in total. The van der Waals surface area contributed by atoms with Crippen LogP contribution in [0.3, 0.4) is 0 Å². The maximum atomic E-state index is 14.5. The van der Waals surface area contributed by atoms with Gasteiger partial charge in [0.2, 0.25) is 9.84 Å². The number of aromatic nitrogens is 1. The first-order chi connectivity index (χ1) is 14.0. The topological polar surface area (TPSA) is 62.3 Å². The van der Waals surface area contributed by atoms with Crippen molar-refractivity contribution >= 4 is 26.9 Å². The van der Waals surface area contributed by atoms with Gasteiger partial charge in [0.25, 0.3) is 0 Å². The number of rotatable bonds is 6. The minimum Gasteiger partial charge on any atom is -0.372 e. The van der Waals surface area contributed by atoms with Crippen LogP contribution in [0.2, 0.25) is 0 Å². The molecule has 0 atom stereocenters. The number of hydrogen-bond acceptors (Lipinski definition) is 6. The van der Waals surface area contributed by atoms with E-state index < -0.39 is 15.7 Å². The Kier molecular flexibility index (Phi) is 5.67. The van der Waals surface area contributed by atoms with Crippen molar-refractivity contribution in [3.05, 3.63) is 59.4 Å². The van der Waals surface area contributed by atoms with E-state index in [4.69, 9.17) is 0 Å². The molecule has 1 saturated heterocycles. The largest absolute Gasteiger partial charge is 0.372 e. The van der Waals surface area contributed by atoms with Gasteiger partial charge in [-0.15, -0.1) is 11.3 Å². The van der Waals surface area contributed by atoms with Gasteiger partial charge in [0.15, 0.2) is 4.21 Å². The molecule has 5 nitrogen and oxygen atoms in total. The second-order valence-corrected chi connectivity index (χ2v) is 10.2. The van der Waals surface area contributed by atoms with Gasteiger partial charge in [-0.05, 0) is 50.2 Å². The zero-order chi connectivity index (χ0) is 20.4. The van der Waals surface area contributed by atoms with Crippen molar-refractivity contribution in [3.8, 4) is 11.3 Å². The van der Waals surface area contributed by atoms with Crippen LogP contribution in [-0.2, 0) is 16.4 Å². The van der Waals surface area contributed by atoms with Gasteiger partial charge in [-0.2, -0.15) is 0 Å². The fourth-order valence-electron chi connectivity index (χ4n) is 3.51. The summed E-state index contributed by atoms with van der Waals surface area (Å²) in [5.74, 6) is -0.490. The third-order valence-corrected chi connectivity index (χ3v) is 8.25. The molecule has 0 unspecified atom stereocenters. The Balaban J connectivity index is 1.83. The molecule has 0 saturated carbocycles. The number of thiazole rings is 1. The lowest BCUT2D eigenvalue weighted by Crippen LogP contribution is -2.17. The van der Waals surface area contributed by atoms with Crippen molar-refractivity contribution in [2.75, 3.05) is 25.0 Å². The van der Waals surface area contributed by atoms with E-state index in [1.165, 1.54) is 6.07 Å². The number of nitrogens with zero attached hydrogens (tertiary/aromatic N) is 2. The van der Waals surface area contributed by atoms with Gasteiger partial charge >= 0.3 is 0 Å². The third-order valence-electron chi connectivity index (χ3n) is 4.94. The van der Waals surface area contributed by atoms with E-state index in [2.05, 4.69) is 15.2 Å². The molecule has 8 heteroatoms. The summed E-state index contributed by atoms with van der Waals surface area (Å²) < 4.78 is 41.6. The van der Waals surface area contributed by atoms with Crippen LogP contribution in [0, 0.1) is 5.82 Å². The van der Waals surface area contributed by atoms with Crippen molar-refractivity contribution in [1.29, 1.82) is 0 Å². The standard InChI is InChI=1S/C21H22FN3O2S2/c1-23-14-19-24-20(17-9-2-3-10-18(17)22)21(28-19)29(26,27)16-8-6-7-15(13-16)25-11-4-5-12-25/h2-3,6-10,13,23H,4-5,11-12,14H2,1H3. The highest BCUT2D eigenvalue weighted by Crippen LogP contribution is 2.37. The SMILES string of the molecule is CNCc1nc(-c2ccccc2F)c(S(=O)(=O)c2cccc(N3CCCC3)c2)s1. The molecule has 1 aliphatic heterocycles. The molecule has 0 aliphatic carbocycles. The molecule has 1 fully saturated rings. The van der Waals surface area contributed by atoms with Crippen LogP contribution in [0.5, 0.6) is 0 Å². The van der Waals surface area contributed by atoms with Gasteiger partial charge in [0.05, 0.1) is 4.90 Å². The van der Waals surface area contributed by atoms with Crippen LogP contribution >= 0.6 is 11.3 Å². The number of anilines is 1. The number of hydrogen-bond donors (Lipinski definition) is 1. The van der Waals surface area contributed by atoms with Gasteiger partial charge < -0.3 is 10.2 Å². The molecular formula is C21H22FN3O2S2. The molecule has 0 bridgehead atoms. The van der Waals surface area contributed by atoms with Gasteiger partial charge in [-0.3, -0.25) is 0 Å². The minimum absolute atomic E-state index is 0.0754. The summed E-state index contributed by atoms with van der Waals surface area (Å²) in [6.45, 7) is 2.27. The van der Waals surface area contributed by atoms with Gasteiger partial charge in [0, 0.05) is 30.9 Å². The number of benzene rings is 2. The number of nitrogens with one attached hydrogen (secondary N) is 1. The average molecular weight is 432 g/mol. The van der Waals surface area contributed by atoms with Crippen molar-refractivity contribution in [2.24, 2.45) is 0 Å². The minimum atomic E-state index is -3.85. The first-order valence-electron chi connectivity index (χ1n) is 9.50. The zero-order valence-corrected chi connectivity index (χ0v) is 17.7. The van der Waals surface area contributed by atoms with E-state index in [1.807, 2.05) is 6.07 Å². The Bertz CT molecular complexity index is 1120. The lowest BCUT2D eigenvalue weighted by Gasteiger charge is -2.18. The molecular weight excluding hydrogens is 409 g/mol. The molecule has 0 amide bonds. The highest BCUT2D eigenvalue weighted by atomic mass is 32.2. The molecule has 152 valence electrons. The smallest absolute Gasteiger partial charge is 0.218 e. The highest BCUT2D eigenvalue weighted by Gasteiger charge is 2.28. The van der Waals surface area contributed by atoms with Crippen molar-refractivity contribution in [3.63, 3.8) is 0 Å². The average Bonchev–Trinajstić information content (AvgIpc) is 3.39. The normalized spacial score (nSPS) is 14.5. The molecule has 29 heavy (non-hydrogen) atoms. The maximum absolute atomic E-state index is 14.5. The van der Waals surface area contributed by atoms with Crippen LogP contribution in [0.25, 0.3) is 11.3 Å². The summed E-state index contributed by atoms with van der Waals surface area (Å²) in [7, 11) is -2.09. The fourth-order valence-corrected chi connectivity index (χ4v) is 6.50. The maximum Gasteiger partial charge on any atom is 0.218 e. The lowest BCUT2D eigenvalue weighted by atomic mass is 10.1. The Labute approximate surface area is 174 Å². The van der Waals surface area contributed by atoms with Crippen LogP contribution in [0.15, 0.2) is 57.6 Å². The van der Waals surface area contributed by atoms with Crippen LogP contribution in [0.4, 0.5) is 10.1 Å². The summed E-state index contributed by atoms with van der Waals surface area (Å²) in [4.78, 5) is 6.85. The zero-order valence-electron chi connectivity index (χ0n) is 16.1. The van der Waals surface area contributed by atoms with E-state index >= 15 is 0 Å². The lowest BCUT2D eigenvalue weighted by molar-refractivity contribution is 0.598. The quantitative estimate of drug-likeness (QED) is 0.637. The molecule has 0 radical (unpaired) electrons. The summed E-state index contributed by atoms with van der Waals surface area (Å²) in [6, 6.07) is 13.1. The van der Waals surface area contributed by atoms with Crippen molar-refractivity contribution in [2.45, 2.75) is 28.5 Å². The van der Waals surface area contributed by atoms with E-state index in [1.54, 1.807) is 43.4 Å². The molecule has 2 aromatic carbocycles. The second-order valence-electron chi connectivity index (χ2n) is 6.95. The summed E-state index contributed by atoms with van der Waals surface area (Å²) >= 11 is 1.09. The van der Waals surface area contributed by atoms with Crippen LogP contribution < -0.4 is 10.2 Å². The molecule has 4 rings (SSSR count). The van der Waals surface area contributed by atoms with Crippen LogP contribution in [0.1, 0.15) is 17.8 Å².